The molecule has 7 heavy (non-hydrogen) atoms. The molecule has 40 valence electrons. The molecule has 0 atom stereocenters. The number of hydrogen-bond acceptors (Lipinski definition) is 0. The predicted molar refractivity (Wildman–Crippen MR) is 28.6 cm³/mol. The molecule has 0 radical (unpaired) electrons. The van der Waals surface area contributed by atoms with Gasteiger partial charge in [0.25, 0.3) is 0 Å². The van der Waals surface area contributed by atoms with Crippen LogP contribution in [-0.2, 0) is 19.2 Å². The quantitative estimate of drug-likeness (QED) is 0.630. The number of rotatable bonds is 0. The van der Waals surface area contributed by atoms with Gasteiger partial charge >= 0.3 is 47.9 Å². The van der Waals surface area contributed by atoms with E-state index in [0.717, 1.165) is 0 Å². The van der Waals surface area contributed by atoms with Crippen LogP contribution in [0.25, 0.3) is 0 Å². The van der Waals surface area contributed by atoms with Gasteiger partial charge in [0.1, 0.15) is 0 Å². The molecule has 0 unspecified atom stereocenters. The van der Waals surface area contributed by atoms with Crippen molar-refractivity contribution >= 4 is 0 Å². The number of allylic oxidation sites excluding steroid dienone is 4. The Morgan fingerprint density at radius 3 is 2.43 bits per heavy atom. The molecule has 1 aliphatic carbocycles. The standard InChI is InChI=1S/C5H5.CH4.Re/c1-2-4-5-3-1;;/h1-3H,4H2;1H4;. The SMILES string of the molecule is C.[Re][C]1=CC=CC1. The maximum absolute atomic E-state index is 2.18. The van der Waals surface area contributed by atoms with Crippen LogP contribution < -0.4 is 0 Å². The summed E-state index contributed by atoms with van der Waals surface area (Å²) >= 11 is 1.78. The number of hydrogen-bond donors (Lipinski definition) is 0. The molecule has 0 amide bonds. The second kappa shape index (κ2) is 3.18. The van der Waals surface area contributed by atoms with Crippen molar-refractivity contribution in [2.24, 2.45) is 0 Å². The van der Waals surface area contributed by atoms with Crippen molar-refractivity contribution in [1.29, 1.82) is 0 Å². The Bertz CT molecular complexity index is 101. The molecule has 0 saturated carbocycles. The molecule has 0 bridgehead atoms. The summed E-state index contributed by atoms with van der Waals surface area (Å²) in [7, 11) is 0. The third kappa shape index (κ3) is 2.07. The molecule has 0 aliphatic heterocycles. The van der Waals surface area contributed by atoms with Crippen LogP contribution in [0.4, 0.5) is 0 Å². The summed E-state index contributed by atoms with van der Waals surface area (Å²) in [6.07, 6.45) is 7.64. The minimum atomic E-state index is 0. The molecule has 1 heteroatoms. The van der Waals surface area contributed by atoms with Crippen LogP contribution in [0.15, 0.2) is 22.3 Å². The Balaban J connectivity index is 0.000000360. The summed E-state index contributed by atoms with van der Waals surface area (Å²) in [5.41, 5.74) is 0. The van der Waals surface area contributed by atoms with Crippen molar-refractivity contribution in [2.75, 3.05) is 0 Å². The van der Waals surface area contributed by atoms with Gasteiger partial charge in [0.05, 0.1) is 0 Å². The van der Waals surface area contributed by atoms with Crippen molar-refractivity contribution in [2.45, 2.75) is 13.8 Å². The average molecular weight is 267 g/mol. The van der Waals surface area contributed by atoms with Crippen LogP contribution in [-0.4, -0.2) is 0 Å². The fourth-order valence-corrected chi connectivity index (χ4v) is 1.00. The first-order chi connectivity index (χ1) is 2.89. The first-order valence-corrected chi connectivity index (χ1v) is 3.26. The Labute approximate surface area is 55.7 Å². The van der Waals surface area contributed by atoms with E-state index in [1.54, 1.807) is 19.2 Å². The summed E-state index contributed by atoms with van der Waals surface area (Å²) in [6, 6.07) is 0. The van der Waals surface area contributed by atoms with Crippen LogP contribution in [0, 0.1) is 0 Å². The van der Waals surface area contributed by atoms with Gasteiger partial charge in [-0.25, -0.2) is 0 Å². The van der Waals surface area contributed by atoms with Crippen molar-refractivity contribution in [1.82, 2.24) is 0 Å². The van der Waals surface area contributed by atoms with Crippen molar-refractivity contribution < 1.29 is 19.2 Å². The molecular formula is C6H9Re. The Morgan fingerprint density at radius 1 is 1.57 bits per heavy atom. The van der Waals surface area contributed by atoms with Gasteiger partial charge in [0.2, 0.25) is 0 Å². The van der Waals surface area contributed by atoms with E-state index >= 15 is 0 Å². The molecule has 0 fully saturated rings. The van der Waals surface area contributed by atoms with Crippen molar-refractivity contribution in [3.63, 3.8) is 0 Å². The van der Waals surface area contributed by atoms with E-state index in [9.17, 15) is 0 Å². The molecule has 0 aromatic heterocycles. The zero-order valence-electron chi connectivity index (χ0n) is 3.32. The summed E-state index contributed by atoms with van der Waals surface area (Å²) < 4.78 is 1.52. The van der Waals surface area contributed by atoms with Gasteiger partial charge < -0.3 is 0 Å². The van der Waals surface area contributed by atoms with Crippen molar-refractivity contribution in [3.8, 4) is 0 Å². The molecule has 1 rings (SSSR count). The van der Waals surface area contributed by atoms with Gasteiger partial charge in [0.15, 0.2) is 0 Å². The Morgan fingerprint density at radius 2 is 2.29 bits per heavy atom. The molecule has 0 saturated heterocycles. The molecule has 0 spiro atoms. The van der Waals surface area contributed by atoms with Crippen LogP contribution in [0.5, 0.6) is 0 Å². The van der Waals surface area contributed by atoms with Gasteiger partial charge in [-0.15, -0.1) is 0 Å². The molecule has 0 N–H and O–H groups in total. The first-order valence-electron chi connectivity index (χ1n) is 1.91. The summed E-state index contributed by atoms with van der Waals surface area (Å²) in [6.45, 7) is 0. The minimum absolute atomic E-state index is 0. The van der Waals surface area contributed by atoms with E-state index < -0.39 is 0 Å². The molecule has 0 heterocycles. The fourth-order valence-electron chi connectivity index (χ4n) is 0.421. The van der Waals surface area contributed by atoms with E-state index in [0.29, 0.717) is 0 Å². The zero-order chi connectivity index (χ0) is 4.41. The predicted octanol–water partition coefficient (Wildman–Crippen LogP) is 2.01. The average Bonchev–Trinajstić information content (AvgIpc) is 1.86. The van der Waals surface area contributed by atoms with Crippen molar-refractivity contribution in [3.05, 3.63) is 22.3 Å². The first kappa shape index (κ1) is 7.14. The third-order valence-electron chi connectivity index (χ3n) is 0.726. The van der Waals surface area contributed by atoms with E-state index in [2.05, 4.69) is 18.2 Å². The molecule has 0 aromatic rings. The monoisotopic (exact) mass is 268 g/mol. The maximum atomic E-state index is 2.18. The van der Waals surface area contributed by atoms with Crippen LogP contribution in [0.3, 0.4) is 0 Å². The van der Waals surface area contributed by atoms with E-state index in [1.165, 1.54) is 10.5 Å². The Kier molecular flexibility index (Phi) is 3.25. The van der Waals surface area contributed by atoms with Crippen LogP contribution in [0.2, 0.25) is 0 Å². The summed E-state index contributed by atoms with van der Waals surface area (Å²) in [5, 5.41) is 0. The van der Waals surface area contributed by atoms with E-state index in [-0.39, 0.29) is 7.43 Å². The van der Waals surface area contributed by atoms with Gasteiger partial charge in [-0.05, 0) is 0 Å². The van der Waals surface area contributed by atoms with Gasteiger partial charge in [-0.2, -0.15) is 0 Å². The van der Waals surface area contributed by atoms with Crippen LogP contribution in [0.1, 0.15) is 13.8 Å². The summed E-state index contributed by atoms with van der Waals surface area (Å²) in [4.78, 5) is 0. The van der Waals surface area contributed by atoms with Gasteiger partial charge in [-0.1, -0.05) is 7.43 Å². The molecule has 1 aliphatic rings. The second-order valence-corrected chi connectivity index (χ2v) is 2.99. The topological polar surface area (TPSA) is 0 Å². The molecule has 0 nitrogen and oxygen atoms in total. The van der Waals surface area contributed by atoms with Gasteiger partial charge in [-0.3, -0.25) is 0 Å². The third-order valence-corrected chi connectivity index (χ3v) is 1.73. The molecular weight excluding hydrogens is 258 g/mol. The van der Waals surface area contributed by atoms with Crippen LogP contribution >= 0.6 is 0 Å². The summed E-state index contributed by atoms with van der Waals surface area (Å²) in [5.74, 6) is 0. The van der Waals surface area contributed by atoms with E-state index in [1.807, 2.05) is 0 Å². The fraction of sp³-hybridized carbons (Fsp3) is 0.333. The van der Waals surface area contributed by atoms with Gasteiger partial charge in [0, 0.05) is 0 Å². The Hall–Kier alpha value is 0.142. The molecule has 0 aromatic carbocycles. The van der Waals surface area contributed by atoms with E-state index in [4.69, 9.17) is 0 Å². The second-order valence-electron chi connectivity index (χ2n) is 1.25. The zero-order valence-corrected chi connectivity index (χ0v) is 6.03. The normalized spacial score (nSPS) is 15.9.